The van der Waals surface area contributed by atoms with Gasteiger partial charge in [-0.3, -0.25) is 19.4 Å². The first kappa shape index (κ1) is 27.3. The van der Waals surface area contributed by atoms with Crippen molar-refractivity contribution in [1.29, 1.82) is 0 Å². The number of halogens is 2. The van der Waals surface area contributed by atoms with E-state index in [0.717, 1.165) is 17.8 Å². The van der Waals surface area contributed by atoms with Crippen LogP contribution < -0.4 is 14.8 Å². The Labute approximate surface area is 227 Å². The largest absolute Gasteiger partial charge is 0.477 e. The molecule has 2 saturated heterocycles. The van der Waals surface area contributed by atoms with Gasteiger partial charge >= 0.3 is 5.76 Å². The van der Waals surface area contributed by atoms with Gasteiger partial charge in [-0.25, -0.2) is 18.4 Å². The molecule has 2 fully saturated rings. The van der Waals surface area contributed by atoms with Gasteiger partial charge in [-0.1, -0.05) is 12.1 Å². The van der Waals surface area contributed by atoms with Crippen LogP contribution in [0.2, 0.25) is 0 Å². The Hall–Kier alpha value is -3.27. The second kappa shape index (κ2) is 11.5. The Bertz CT molecular complexity index is 1440. The van der Waals surface area contributed by atoms with Crippen molar-refractivity contribution in [1.82, 2.24) is 25.2 Å². The summed E-state index contributed by atoms with van der Waals surface area (Å²) in [5.74, 6) is -3.65. The minimum Gasteiger partial charge on any atom is -0.477 e. The van der Waals surface area contributed by atoms with Gasteiger partial charge in [0.15, 0.2) is 5.01 Å². The summed E-state index contributed by atoms with van der Waals surface area (Å²) in [7, 11) is -4.85. The maximum Gasteiger partial charge on any atom is 0.355 e. The summed E-state index contributed by atoms with van der Waals surface area (Å²) in [5.41, 5.74) is 1.04. The Balaban J connectivity index is 1.37. The van der Waals surface area contributed by atoms with E-state index in [4.69, 9.17) is 9.47 Å². The molecular weight excluding hydrogens is 554 g/mol. The maximum atomic E-state index is 13.3. The van der Waals surface area contributed by atoms with E-state index in [1.54, 1.807) is 18.3 Å². The van der Waals surface area contributed by atoms with Crippen LogP contribution in [0.25, 0.3) is 10.6 Å². The van der Waals surface area contributed by atoms with Gasteiger partial charge in [0, 0.05) is 31.0 Å². The minimum atomic E-state index is -4.85. The van der Waals surface area contributed by atoms with Crippen LogP contribution >= 0.6 is 11.3 Å². The van der Waals surface area contributed by atoms with Crippen LogP contribution in [-0.4, -0.2) is 78.4 Å². The maximum absolute atomic E-state index is 13.3. The Morgan fingerprint density at radius 1 is 1.31 bits per heavy atom. The van der Waals surface area contributed by atoms with E-state index in [-0.39, 0.29) is 22.8 Å². The highest BCUT2D eigenvalue weighted by molar-refractivity contribution is 7.93. The zero-order valence-electron chi connectivity index (χ0n) is 20.8. The van der Waals surface area contributed by atoms with Crippen molar-refractivity contribution < 1.29 is 31.5 Å². The summed E-state index contributed by atoms with van der Waals surface area (Å²) in [6, 6.07) is 5.69. The van der Waals surface area contributed by atoms with E-state index in [1.165, 1.54) is 24.5 Å². The molecule has 2 aromatic heterocycles. The molecule has 1 amide bonds. The van der Waals surface area contributed by atoms with Crippen molar-refractivity contribution in [3.05, 3.63) is 53.4 Å². The average molecular weight is 581 g/mol. The lowest BCUT2D eigenvalue weighted by molar-refractivity contribution is 0.0267. The number of amides is 1. The molecule has 11 nitrogen and oxygen atoms in total. The number of rotatable bonds is 11. The molecule has 3 aromatic rings. The van der Waals surface area contributed by atoms with Crippen molar-refractivity contribution in [2.75, 3.05) is 31.0 Å². The van der Waals surface area contributed by atoms with Crippen molar-refractivity contribution in [3.8, 4) is 16.5 Å². The molecule has 0 spiro atoms. The Kier molecular flexibility index (Phi) is 8.02. The molecule has 2 aliphatic rings. The van der Waals surface area contributed by atoms with Crippen molar-refractivity contribution in [3.63, 3.8) is 0 Å². The van der Waals surface area contributed by atoms with E-state index < -0.39 is 27.7 Å². The normalized spacial score (nSPS) is 19.8. The van der Waals surface area contributed by atoms with Gasteiger partial charge < -0.3 is 14.8 Å². The fourth-order valence-corrected chi connectivity index (χ4v) is 5.92. The molecule has 0 radical (unpaired) electrons. The number of morpholine rings is 1. The molecular formula is C24H26F2N6O5S2. The highest BCUT2D eigenvalue weighted by Gasteiger charge is 2.40. The first-order chi connectivity index (χ1) is 18.7. The molecule has 3 atom stereocenters. The number of aromatic nitrogens is 3. The van der Waals surface area contributed by atoms with Crippen molar-refractivity contribution in [2.24, 2.45) is 0 Å². The fourth-order valence-electron chi connectivity index (χ4n) is 4.60. The van der Waals surface area contributed by atoms with Gasteiger partial charge in [-0.05, 0) is 31.0 Å². The molecule has 39 heavy (non-hydrogen) atoms. The first-order valence-electron chi connectivity index (χ1n) is 12.2. The number of anilines is 1. The standard InChI is InChI=1S/C24H26F2N6O5S2/c1-2-36-21-10-27-8-18(29-21)20-9-28-23(38-20)22(33)30-19(12-32-11-17-7-16(32)13-37-17)14-4-3-5-15(6-14)31-39(34,35)24(25)26/h3-6,8-10,16-17,19,24,31H,2,7,11-13H2,1H3,(H,30,33)/t16-,17-,19+/m1/s1. The van der Waals surface area contributed by atoms with Crippen LogP contribution in [-0.2, 0) is 14.8 Å². The molecule has 5 rings (SSSR count). The summed E-state index contributed by atoms with van der Waals surface area (Å²) in [6.45, 7) is 3.98. The highest BCUT2D eigenvalue weighted by atomic mass is 32.2. The number of carbonyl (C=O) groups excluding carboxylic acids is 1. The monoisotopic (exact) mass is 580 g/mol. The van der Waals surface area contributed by atoms with Gasteiger partial charge in [0.1, 0.15) is 5.69 Å². The first-order valence-corrected chi connectivity index (χ1v) is 14.6. The third-order valence-corrected chi connectivity index (χ3v) is 8.38. The molecule has 0 unspecified atom stereocenters. The second-order valence-electron chi connectivity index (χ2n) is 9.06. The van der Waals surface area contributed by atoms with E-state index in [2.05, 4.69) is 25.2 Å². The number of hydrogen-bond donors (Lipinski definition) is 2. The van der Waals surface area contributed by atoms with Crippen LogP contribution in [0.5, 0.6) is 5.88 Å². The van der Waals surface area contributed by atoms with E-state index in [0.29, 0.717) is 48.3 Å². The zero-order valence-corrected chi connectivity index (χ0v) is 22.4. The minimum absolute atomic E-state index is 0.0254. The topological polar surface area (TPSA) is 136 Å². The van der Waals surface area contributed by atoms with Crippen molar-refractivity contribution >= 4 is 33.0 Å². The van der Waals surface area contributed by atoms with Gasteiger partial charge in [0.2, 0.25) is 5.88 Å². The van der Waals surface area contributed by atoms with E-state index >= 15 is 0 Å². The van der Waals surface area contributed by atoms with Crippen molar-refractivity contribution in [2.45, 2.75) is 37.3 Å². The third-order valence-electron chi connectivity index (χ3n) is 6.38. The lowest BCUT2D eigenvalue weighted by Crippen LogP contribution is -2.43. The predicted molar refractivity (Wildman–Crippen MR) is 139 cm³/mol. The number of carbonyl (C=O) groups is 1. The number of nitrogens with zero attached hydrogens (tertiary/aromatic N) is 4. The number of hydrogen-bond acceptors (Lipinski definition) is 10. The van der Waals surface area contributed by atoms with Gasteiger partial charge in [-0.2, -0.15) is 8.78 Å². The SMILES string of the molecule is CCOc1cncc(-c2cnc(C(=O)N[C@@H](CN3C[C@H]4C[C@@H]3CO4)c3cccc(NS(=O)(=O)C(F)F)c3)s2)n1. The number of ether oxygens (including phenoxy) is 2. The summed E-state index contributed by atoms with van der Waals surface area (Å²) >= 11 is 1.14. The zero-order chi connectivity index (χ0) is 27.6. The summed E-state index contributed by atoms with van der Waals surface area (Å²) in [5, 5.41) is 3.18. The smallest absolute Gasteiger partial charge is 0.355 e. The van der Waals surface area contributed by atoms with E-state index in [9.17, 15) is 22.0 Å². The average Bonchev–Trinajstić information content (AvgIpc) is 3.66. The van der Waals surface area contributed by atoms with Crippen LogP contribution in [0.15, 0.2) is 42.9 Å². The van der Waals surface area contributed by atoms with Crippen LogP contribution in [0, 0.1) is 0 Å². The number of likely N-dealkylation sites (tertiary alicyclic amines) is 1. The lowest BCUT2D eigenvalue weighted by atomic mass is 10.0. The number of benzene rings is 1. The van der Waals surface area contributed by atoms with E-state index in [1.807, 2.05) is 11.6 Å². The fraction of sp³-hybridized carbons (Fsp3) is 0.417. The number of thiazole rings is 1. The number of alkyl halides is 2. The van der Waals surface area contributed by atoms with Gasteiger partial charge in [-0.15, -0.1) is 11.3 Å². The van der Waals surface area contributed by atoms with Crippen LogP contribution in [0.4, 0.5) is 14.5 Å². The molecule has 0 saturated carbocycles. The van der Waals surface area contributed by atoms with Crippen LogP contribution in [0.1, 0.15) is 34.8 Å². The Morgan fingerprint density at radius 2 is 2.15 bits per heavy atom. The van der Waals surface area contributed by atoms with Crippen LogP contribution in [0.3, 0.4) is 0 Å². The molecule has 4 heterocycles. The van der Waals surface area contributed by atoms with Gasteiger partial charge in [0.05, 0.1) is 42.6 Å². The lowest BCUT2D eigenvalue weighted by Gasteiger charge is -2.31. The third kappa shape index (κ3) is 6.32. The van der Waals surface area contributed by atoms with Gasteiger partial charge in [0.25, 0.3) is 15.9 Å². The molecule has 2 aliphatic heterocycles. The summed E-state index contributed by atoms with van der Waals surface area (Å²) in [6.07, 6.45) is 5.61. The Morgan fingerprint density at radius 3 is 2.87 bits per heavy atom. The molecule has 208 valence electrons. The molecule has 2 bridgehead atoms. The summed E-state index contributed by atoms with van der Waals surface area (Å²) < 4.78 is 62.2. The molecule has 1 aromatic carbocycles. The number of nitrogens with one attached hydrogen (secondary N) is 2. The quantitative estimate of drug-likeness (QED) is 0.351. The number of sulfonamides is 1. The molecule has 15 heteroatoms. The number of fused-ring (bicyclic) bond motifs is 2. The highest BCUT2D eigenvalue weighted by Crippen LogP contribution is 2.31. The summed E-state index contributed by atoms with van der Waals surface area (Å²) in [4.78, 5) is 28.9. The predicted octanol–water partition coefficient (Wildman–Crippen LogP) is 2.91. The molecule has 2 N–H and O–H groups in total. The molecule has 0 aliphatic carbocycles. The second-order valence-corrected chi connectivity index (χ2v) is 11.7.